The summed E-state index contributed by atoms with van der Waals surface area (Å²) in [6.07, 6.45) is 12.0. The molecule has 4 saturated carbocycles. The summed E-state index contributed by atoms with van der Waals surface area (Å²) >= 11 is 0. The van der Waals surface area contributed by atoms with Crippen LogP contribution in [0.5, 0.6) is 0 Å². The Balaban J connectivity index is 1.44. The molecule has 9 atom stereocenters. The number of carbonyl (C=O) groups is 1. The van der Waals surface area contributed by atoms with Gasteiger partial charge >= 0.3 is 5.97 Å². The highest BCUT2D eigenvalue weighted by atomic mass is 16.5. The van der Waals surface area contributed by atoms with Gasteiger partial charge in [0.05, 0.1) is 6.10 Å². The van der Waals surface area contributed by atoms with Crippen LogP contribution in [0.25, 0.3) is 0 Å². The molecule has 29 heavy (non-hydrogen) atoms. The highest BCUT2D eigenvalue weighted by molar-refractivity contribution is 5.66. The van der Waals surface area contributed by atoms with Gasteiger partial charge in [-0.05, 0) is 106 Å². The lowest BCUT2D eigenvalue weighted by molar-refractivity contribution is -0.175. The van der Waals surface area contributed by atoms with Crippen molar-refractivity contribution in [1.82, 2.24) is 4.90 Å². The first kappa shape index (κ1) is 20.3. The molecule has 0 bridgehead atoms. The molecule has 0 spiro atoms. The number of ether oxygens (including phenoxy) is 1. The number of carbonyl (C=O) groups excluding carboxylic acids is 1. The Morgan fingerprint density at radius 3 is 2.48 bits per heavy atom. The lowest BCUT2D eigenvalue weighted by Gasteiger charge is -2.64. The van der Waals surface area contributed by atoms with Gasteiger partial charge in [-0.25, -0.2) is 0 Å². The molecule has 5 fully saturated rings. The second-order valence-electron chi connectivity index (χ2n) is 11.6. The zero-order valence-electron chi connectivity index (χ0n) is 18.7. The van der Waals surface area contributed by atoms with Crippen LogP contribution < -0.4 is 0 Å². The lowest BCUT2D eigenvalue weighted by atomic mass is 9.43. The minimum Gasteiger partial charge on any atom is -0.462 e. The van der Waals surface area contributed by atoms with Gasteiger partial charge in [0.1, 0.15) is 6.10 Å². The third-order valence-corrected chi connectivity index (χ3v) is 10.5. The van der Waals surface area contributed by atoms with Gasteiger partial charge in [0.2, 0.25) is 0 Å². The molecule has 4 heteroatoms. The van der Waals surface area contributed by atoms with Gasteiger partial charge < -0.3 is 9.84 Å². The van der Waals surface area contributed by atoms with Gasteiger partial charge in [0, 0.05) is 18.4 Å². The average molecular weight is 404 g/mol. The minimum absolute atomic E-state index is 0.106. The van der Waals surface area contributed by atoms with Crippen LogP contribution in [0.2, 0.25) is 0 Å². The number of hydrogen-bond acceptors (Lipinski definition) is 4. The van der Waals surface area contributed by atoms with Crippen LogP contribution in [0.15, 0.2) is 0 Å². The molecule has 1 N–H and O–H groups in total. The van der Waals surface area contributed by atoms with Crippen LogP contribution in [0, 0.1) is 34.5 Å². The highest BCUT2D eigenvalue weighted by Crippen LogP contribution is 2.67. The predicted octanol–water partition coefficient (Wildman–Crippen LogP) is 4.40. The zero-order chi connectivity index (χ0) is 20.4. The molecule has 0 aromatic heterocycles. The summed E-state index contributed by atoms with van der Waals surface area (Å²) in [6.45, 7) is 9.07. The Hall–Kier alpha value is -0.610. The molecule has 0 aromatic rings. The number of aliphatic hydroxyl groups is 1. The van der Waals surface area contributed by atoms with E-state index in [0.29, 0.717) is 23.3 Å². The smallest absolute Gasteiger partial charge is 0.302 e. The fourth-order valence-electron chi connectivity index (χ4n) is 9.24. The number of aliphatic hydroxyl groups excluding tert-OH is 1. The molecule has 5 aliphatic rings. The maximum Gasteiger partial charge on any atom is 0.302 e. The molecule has 1 aliphatic heterocycles. The Kier molecular flexibility index (Phi) is 5.06. The van der Waals surface area contributed by atoms with E-state index in [4.69, 9.17) is 4.74 Å². The van der Waals surface area contributed by atoms with Crippen molar-refractivity contribution in [3.63, 3.8) is 0 Å². The predicted molar refractivity (Wildman–Crippen MR) is 113 cm³/mol. The third kappa shape index (κ3) is 3.03. The van der Waals surface area contributed by atoms with Gasteiger partial charge in [0.15, 0.2) is 0 Å². The first-order chi connectivity index (χ1) is 13.8. The summed E-state index contributed by atoms with van der Waals surface area (Å²) in [5.41, 5.74) is 0.515. The van der Waals surface area contributed by atoms with E-state index in [-0.39, 0.29) is 23.6 Å². The number of esters is 1. The highest BCUT2D eigenvalue weighted by Gasteiger charge is 2.63. The standard InChI is InChI=1S/C25H41NO3/c1-16(27)29-23-9-8-20-19-7-6-17-14-18(28)15-22(26-12-4-5-13-26)25(17,3)21(19)10-11-24(20,23)2/h17-23,28H,4-15H2,1-3H3/t17-,18?,19-,20-,21-,22?,23?,24-,25-/m0/s1. The Labute approximate surface area is 176 Å². The molecule has 1 heterocycles. The minimum atomic E-state index is -0.107. The Bertz CT molecular complexity index is 646. The van der Waals surface area contributed by atoms with Crippen molar-refractivity contribution in [3.8, 4) is 0 Å². The molecule has 0 radical (unpaired) electrons. The quantitative estimate of drug-likeness (QED) is 0.695. The topological polar surface area (TPSA) is 49.8 Å². The number of rotatable bonds is 2. The summed E-state index contributed by atoms with van der Waals surface area (Å²) in [5, 5.41) is 10.7. The summed E-state index contributed by atoms with van der Waals surface area (Å²) in [5.74, 6) is 2.82. The van der Waals surface area contributed by atoms with Crippen molar-refractivity contribution in [2.75, 3.05) is 13.1 Å². The van der Waals surface area contributed by atoms with Gasteiger partial charge in [-0.15, -0.1) is 0 Å². The van der Waals surface area contributed by atoms with Crippen LogP contribution in [0.1, 0.15) is 85.0 Å². The normalized spacial score (nSPS) is 52.5. The lowest BCUT2D eigenvalue weighted by Crippen LogP contribution is -2.63. The number of hydrogen-bond donors (Lipinski definition) is 1. The molecule has 0 amide bonds. The number of fused-ring (bicyclic) bond motifs is 5. The van der Waals surface area contributed by atoms with Crippen LogP contribution in [-0.4, -0.2) is 47.3 Å². The maximum atomic E-state index is 11.7. The van der Waals surface area contributed by atoms with E-state index in [9.17, 15) is 9.90 Å². The van der Waals surface area contributed by atoms with Crippen molar-refractivity contribution in [3.05, 3.63) is 0 Å². The molecular formula is C25H41NO3. The molecule has 5 rings (SSSR count). The van der Waals surface area contributed by atoms with Crippen molar-refractivity contribution >= 4 is 5.97 Å². The summed E-state index contributed by atoms with van der Waals surface area (Å²) in [7, 11) is 0. The average Bonchev–Trinajstić information content (AvgIpc) is 3.30. The van der Waals surface area contributed by atoms with Crippen molar-refractivity contribution < 1.29 is 14.6 Å². The van der Waals surface area contributed by atoms with Gasteiger partial charge in [0.25, 0.3) is 0 Å². The molecule has 3 unspecified atom stereocenters. The largest absolute Gasteiger partial charge is 0.462 e. The number of likely N-dealkylation sites (tertiary alicyclic amines) is 1. The molecule has 164 valence electrons. The second-order valence-corrected chi connectivity index (χ2v) is 11.6. The summed E-state index contributed by atoms with van der Waals surface area (Å²) in [6, 6.07) is 0.557. The first-order valence-corrected chi connectivity index (χ1v) is 12.4. The van der Waals surface area contributed by atoms with E-state index in [1.54, 1.807) is 6.92 Å². The van der Waals surface area contributed by atoms with E-state index in [1.807, 2.05) is 0 Å². The van der Waals surface area contributed by atoms with Crippen molar-refractivity contribution in [1.29, 1.82) is 0 Å². The maximum absolute atomic E-state index is 11.7. The van der Waals surface area contributed by atoms with Crippen molar-refractivity contribution in [2.45, 2.75) is 103 Å². The fraction of sp³-hybridized carbons (Fsp3) is 0.960. The van der Waals surface area contributed by atoms with Gasteiger partial charge in [-0.3, -0.25) is 9.69 Å². The van der Waals surface area contributed by atoms with E-state index in [2.05, 4.69) is 18.7 Å². The van der Waals surface area contributed by atoms with E-state index < -0.39 is 0 Å². The summed E-state index contributed by atoms with van der Waals surface area (Å²) < 4.78 is 5.83. The SMILES string of the molecule is CC(=O)OC1CC[C@H]2[C@@H]3CC[C@H]4CC(O)CC(N5CCCC5)[C@]4(C)[C@H]3CC[C@]12C. The first-order valence-electron chi connectivity index (χ1n) is 12.4. The van der Waals surface area contributed by atoms with Crippen LogP contribution in [-0.2, 0) is 9.53 Å². The number of nitrogens with zero attached hydrogens (tertiary/aromatic N) is 1. The Morgan fingerprint density at radius 2 is 1.76 bits per heavy atom. The summed E-state index contributed by atoms with van der Waals surface area (Å²) in [4.78, 5) is 14.5. The van der Waals surface area contributed by atoms with E-state index in [0.717, 1.165) is 31.1 Å². The molecule has 4 nitrogen and oxygen atoms in total. The van der Waals surface area contributed by atoms with Gasteiger partial charge in [-0.1, -0.05) is 13.8 Å². The van der Waals surface area contributed by atoms with E-state index in [1.165, 1.54) is 58.0 Å². The monoisotopic (exact) mass is 403 g/mol. The molecule has 4 aliphatic carbocycles. The molecule has 0 aromatic carbocycles. The molecule has 1 saturated heterocycles. The van der Waals surface area contributed by atoms with E-state index >= 15 is 0 Å². The Morgan fingerprint density at radius 1 is 1.00 bits per heavy atom. The van der Waals surface area contributed by atoms with Crippen molar-refractivity contribution in [2.24, 2.45) is 34.5 Å². The fourth-order valence-corrected chi connectivity index (χ4v) is 9.24. The molecular weight excluding hydrogens is 362 g/mol. The zero-order valence-corrected chi connectivity index (χ0v) is 18.7. The van der Waals surface area contributed by atoms with Crippen LogP contribution >= 0.6 is 0 Å². The third-order valence-electron chi connectivity index (χ3n) is 10.5. The second kappa shape index (κ2) is 7.22. The van der Waals surface area contributed by atoms with Gasteiger partial charge in [-0.2, -0.15) is 0 Å². The van der Waals surface area contributed by atoms with Crippen LogP contribution in [0.4, 0.5) is 0 Å². The van der Waals surface area contributed by atoms with Crippen LogP contribution in [0.3, 0.4) is 0 Å².